The second kappa shape index (κ2) is 7.51. The lowest BCUT2D eigenvalue weighted by molar-refractivity contribution is -0.914. The van der Waals surface area contributed by atoms with Crippen molar-refractivity contribution in [3.8, 4) is 0 Å². The Morgan fingerprint density at radius 2 is 2.12 bits per heavy atom. The maximum Gasteiger partial charge on any atom is 0.154 e. The number of benzene rings is 1. The Morgan fingerprint density at radius 3 is 2.96 bits per heavy atom. The maximum atomic E-state index is 6.17. The molecule has 2 heterocycles. The van der Waals surface area contributed by atoms with Crippen LogP contribution in [0.5, 0.6) is 0 Å². The van der Waals surface area contributed by atoms with E-state index in [1.54, 1.807) is 4.90 Å². The molecular formula is C22H24ClN2S+. The van der Waals surface area contributed by atoms with Crippen LogP contribution in [0.15, 0.2) is 73.0 Å². The predicted octanol–water partition coefficient (Wildman–Crippen LogP) is 4.08. The van der Waals surface area contributed by atoms with Crippen LogP contribution >= 0.6 is 23.4 Å². The van der Waals surface area contributed by atoms with E-state index in [1.165, 1.54) is 11.1 Å². The molecule has 1 N–H and O–H groups in total. The molecule has 0 amide bonds. The van der Waals surface area contributed by atoms with Gasteiger partial charge in [0.05, 0.1) is 11.8 Å². The Bertz CT molecular complexity index is 837. The molecule has 26 heavy (non-hydrogen) atoms. The second-order valence-electron chi connectivity index (χ2n) is 6.84. The van der Waals surface area contributed by atoms with E-state index in [4.69, 9.17) is 11.6 Å². The van der Waals surface area contributed by atoms with Crippen molar-refractivity contribution in [2.45, 2.75) is 23.6 Å². The molecule has 0 bridgehead atoms. The van der Waals surface area contributed by atoms with Gasteiger partial charge in [0.1, 0.15) is 6.04 Å². The molecule has 1 fully saturated rings. The Kier molecular flexibility index (Phi) is 5.12. The number of halogens is 1. The van der Waals surface area contributed by atoms with Crippen molar-refractivity contribution in [2.24, 2.45) is 0 Å². The summed E-state index contributed by atoms with van der Waals surface area (Å²) >= 11 is 8.24. The van der Waals surface area contributed by atoms with Gasteiger partial charge in [-0.3, -0.25) is 0 Å². The van der Waals surface area contributed by atoms with Crippen LogP contribution in [0.2, 0.25) is 5.02 Å². The van der Waals surface area contributed by atoms with E-state index in [0.717, 1.165) is 17.3 Å². The largest absolute Gasteiger partial charge is 0.350 e. The van der Waals surface area contributed by atoms with Crippen LogP contribution in [0.4, 0.5) is 5.69 Å². The summed E-state index contributed by atoms with van der Waals surface area (Å²) in [6.45, 7) is 3.42. The zero-order chi connectivity index (χ0) is 18.1. The van der Waals surface area contributed by atoms with Gasteiger partial charge in [-0.15, -0.1) is 0 Å². The minimum absolute atomic E-state index is 0.499. The van der Waals surface area contributed by atoms with Crippen molar-refractivity contribution in [2.75, 3.05) is 18.5 Å². The molecule has 2 nitrogen and oxygen atoms in total. The molecule has 4 unspecified atom stereocenters. The first-order chi connectivity index (χ1) is 12.7. The lowest BCUT2D eigenvalue weighted by atomic mass is 10.00. The Labute approximate surface area is 165 Å². The molecule has 0 aromatic heterocycles. The lowest BCUT2D eigenvalue weighted by Crippen LogP contribution is -3.16. The van der Waals surface area contributed by atoms with Gasteiger partial charge < -0.3 is 9.80 Å². The summed E-state index contributed by atoms with van der Waals surface area (Å²) in [6, 6.07) is 6.69. The zero-order valence-corrected chi connectivity index (χ0v) is 16.7. The first kappa shape index (κ1) is 17.7. The number of nitrogens with zero attached hydrogens (tertiary/aromatic N) is 1. The molecule has 4 rings (SSSR count). The van der Waals surface area contributed by atoms with E-state index in [9.17, 15) is 0 Å². The van der Waals surface area contributed by atoms with Gasteiger partial charge in [-0.2, -0.15) is 0 Å². The van der Waals surface area contributed by atoms with Gasteiger partial charge in [-0.25, -0.2) is 0 Å². The highest BCUT2D eigenvalue weighted by molar-refractivity contribution is 8.00. The molecular weight excluding hydrogens is 360 g/mol. The summed E-state index contributed by atoms with van der Waals surface area (Å²) in [5, 5.41) is 1.87. The fourth-order valence-electron chi connectivity index (χ4n) is 3.91. The maximum absolute atomic E-state index is 6.17. The van der Waals surface area contributed by atoms with Crippen LogP contribution < -0.4 is 9.80 Å². The number of thioether (sulfide) groups is 1. The number of hydrogen-bond acceptors (Lipinski definition) is 2. The first-order valence-corrected chi connectivity index (χ1v) is 10.4. The number of allylic oxidation sites excluding steroid dienone is 6. The van der Waals surface area contributed by atoms with Crippen LogP contribution in [0, 0.1) is 0 Å². The number of hydrogen-bond donors (Lipinski definition) is 1. The van der Waals surface area contributed by atoms with Crippen molar-refractivity contribution in [1.82, 2.24) is 0 Å². The van der Waals surface area contributed by atoms with Crippen LogP contribution in [0.3, 0.4) is 0 Å². The molecule has 2 aliphatic heterocycles. The van der Waals surface area contributed by atoms with E-state index in [0.29, 0.717) is 16.7 Å². The molecule has 4 heteroatoms. The fourth-order valence-corrected chi connectivity index (χ4v) is 5.71. The first-order valence-electron chi connectivity index (χ1n) is 9.13. The topological polar surface area (TPSA) is 7.68 Å². The number of anilines is 1. The summed E-state index contributed by atoms with van der Waals surface area (Å²) in [7, 11) is 2.05. The van der Waals surface area contributed by atoms with E-state index < -0.39 is 0 Å². The standard InChI is InChI=1S/C22H23ClN2S/c1-3-25-19-8-4-5-9-21(19)26-22(25)10-6-7-16-13-14-24(2)20-15-17(23)11-12-18(16)20/h4-15,19,21-22H,3H2,1-2H3/p+1. The van der Waals surface area contributed by atoms with E-state index in [1.807, 2.05) is 12.1 Å². The molecule has 0 spiro atoms. The third-order valence-electron chi connectivity index (χ3n) is 5.28. The average molecular weight is 384 g/mol. The fraction of sp³-hybridized carbons (Fsp3) is 0.273. The normalized spacial score (nSPS) is 31.0. The number of fused-ring (bicyclic) bond motifs is 2. The van der Waals surface area contributed by atoms with Gasteiger partial charge in [0, 0.05) is 29.5 Å². The number of rotatable bonds is 3. The average Bonchev–Trinajstić information content (AvgIpc) is 3.01. The lowest BCUT2D eigenvalue weighted by Gasteiger charge is -2.24. The molecule has 1 saturated heterocycles. The highest BCUT2D eigenvalue weighted by Gasteiger charge is 2.41. The molecule has 3 aliphatic rings. The SMILES string of the molecule is CC[NH+]1C(C=CC=C2C=CN(C)c3cc(Cl)ccc32)SC2C=CC=CC21. The number of likely N-dealkylation sites (N-methyl/N-ethyl adjacent to an activating group) is 1. The predicted molar refractivity (Wildman–Crippen MR) is 115 cm³/mol. The van der Waals surface area contributed by atoms with Crippen LogP contribution in [0.25, 0.3) is 5.57 Å². The molecule has 1 aromatic rings. The summed E-state index contributed by atoms with van der Waals surface area (Å²) in [5.41, 5.74) is 3.60. The van der Waals surface area contributed by atoms with Gasteiger partial charge in [0.15, 0.2) is 5.37 Å². The van der Waals surface area contributed by atoms with Crippen molar-refractivity contribution < 1.29 is 4.90 Å². The summed E-state index contributed by atoms with van der Waals surface area (Å²) in [4.78, 5) is 3.75. The van der Waals surface area contributed by atoms with Gasteiger partial charge in [-0.1, -0.05) is 59.8 Å². The highest BCUT2D eigenvalue weighted by Crippen LogP contribution is 2.34. The zero-order valence-electron chi connectivity index (χ0n) is 15.1. The minimum Gasteiger partial charge on any atom is -0.350 e. The monoisotopic (exact) mass is 383 g/mol. The van der Waals surface area contributed by atoms with Gasteiger partial charge >= 0.3 is 0 Å². The Hall–Kier alpha value is -1.68. The van der Waals surface area contributed by atoms with E-state index in [-0.39, 0.29) is 0 Å². The van der Waals surface area contributed by atoms with Gasteiger partial charge in [-0.05, 0) is 42.9 Å². The summed E-state index contributed by atoms with van der Waals surface area (Å²) in [6.07, 6.45) is 20.1. The van der Waals surface area contributed by atoms with Crippen LogP contribution in [-0.4, -0.2) is 30.3 Å². The minimum atomic E-state index is 0.499. The molecule has 1 aromatic carbocycles. The van der Waals surface area contributed by atoms with Crippen LogP contribution in [-0.2, 0) is 0 Å². The summed E-state index contributed by atoms with van der Waals surface area (Å²) in [5.74, 6) is 0. The van der Waals surface area contributed by atoms with Crippen molar-refractivity contribution >= 4 is 34.6 Å². The third-order valence-corrected chi connectivity index (χ3v) is 7.03. The number of nitrogens with one attached hydrogen (secondary N) is 1. The van der Waals surface area contributed by atoms with E-state index >= 15 is 0 Å². The van der Waals surface area contributed by atoms with Crippen molar-refractivity contribution in [3.63, 3.8) is 0 Å². The smallest absolute Gasteiger partial charge is 0.154 e. The van der Waals surface area contributed by atoms with E-state index in [2.05, 4.69) is 91.5 Å². The molecule has 0 saturated carbocycles. The van der Waals surface area contributed by atoms with Crippen LogP contribution in [0.1, 0.15) is 12.5 Å². The molecule has 1 aliphatic carbocycles. The van der Waals surface area contributed by atoms with Crippen molar-refractivity contribution in [3.05, 3.63) is 83.6 Å². The molecule has 0 radical (unpaired) electrons. The quantitative estimate of drug-likeness (QED) is 0.840. The summed E-state index contributed by atoms with van der Waals surface area (Å²) < 4.78 is 0. The van der Waals surface area contributed by atoms with Crippen molar-refractivity contribution in [1.29, 1.82) is 0 Å². The molecule has 4 atom stereocenters. The Morgan fingerprint density at radius 1 is 1.27 bits per heavy atom. The Balaban J connectivity index is 1.56. The molecule has 134 valence electrons. The second-order valence-corrected chi connectivity index (χ2v) is 8.60. The van der Waals surface area contributed by atoms with Gasteiger partial charge in [0.2, 0.25) is 0 Å². The number of quaternary nitrogens is 1. The third kappa shape index (κ3) is 3.32. The van der Waals surface area contributed by atoms with Gasteiger partial charge in [0.25, 0.3) is 0 Å². The highest BCUT2D eigenvalue weighted by atomic mass is 35.5.